The van der Waals surface area contributed by atoms with Crippen LogP contribution in [0.5, 0.6) is 0 Å². The van der Waals surface area contributed by atoms with Crippen molar-refractivity contribution in [3.05, 3.63) is 84.6 Å². The van der Waals surface area contributed by atoms with E-state index in [2.05, 4.69) is 54.9 Å². The summed E-state index contributed by atoms with van der Waals surface area (Å²) in [5.74, 6) is 1.49. The molecule has 10 heteroatoms. The number of aromatic nitrogens is 7. The molecule has 9 nitrogen and oxygen atoms in total. The van der Waals surface area contributed by atoms with Gasteiger partial charge in [-0.05, 0) is 36.2 Å². The molecule has 6 rings (SSSR count). The topological polar surface area (TPSA) is 80.3 Å². The second kappa shape index (κ2) is 9.27. The molecule has 37 heavy (non-hydrogen) atoms. The molecule has 0 bridgehead atoms. The third kappa shape index (κ3) is 4.39. The SMILES string of the molecule is CC(c1ccc(F)cc1)c1cnc(N2CCN(c3ncnn4cc(-c5cnn(C)c5)cc34)CC2C)nc1. The largest absolute Gasteiger partial charge is 0.351 e. The van der Waals surface area contributed by atoms with Gasteiger partial charge in [-0.25, -0.2) is 23.9 Å². The summed E-state index contributed by atoms with van der Waals surface area (Å²) in [7, 11) is 1.91. The molecule has 1 aliphatic rings. The molecule has 5 aromatic rings. The van der Waals surface area contributed by atoms with Gasteiger partial charge in [0.25, 0.3) is 0 Å². The third-order valence-electron chi connectivity index (χ3n) is 7.14. The van der Waals surface area contributed by atoms with Crippen molar-refractivity contribution in [2.75, 3.05) is 29.4 Å². The zero-order valence-corrected chi connectivity index (χ0v) is 21.0. The first-order valence-electron chi connectivity index (χ1n) is 12.4. The Hall–Kier alpha value is -4.34. The summed E-state index contributed by atoms with van der Waals surface area (Å²) in [4.78, 5) is 18.6. The van der Waals surface area contributed by atoms with E-state index in [9.17, 15) is 4.39 Å². The van der Waals surface area contributed by atoms with Gasteiger partial charge in [0.1, 0.15) is 17.7 Å². The summed E-state index contributed by atoms with van der Waals surface area (Å²) in [6.45, 7) is 6.62. The zero-order valence-electron chi connectivity index (χ0n) is 21.0. The maximum Gasteiger partial charge on any atom is 0.225 e. The highest BCUT2D eigenvalue weighted by Crippen LogP contribution is 2.29. The van der Waals surface area contributed by atoms with Gasteiger partial charge in [0.15, 0.2) is 5.82 Å². The molecule has 1 saturated heterocycles. The van der Waals surface area contributed by atoms with Crippen molar-refractivity contribution >= 4 is 17.3 Å². The zero-order chi connectivity index (χ0) is 25.5. The van der Waals surface area contributed by atoms with E-state index in [1.54, 1.807) is 11.0 Å². The Bertz CT molecular complexity index is 1520. The number of nitrogens with zero attached hydrogens (tertiary/aromatic N) is 9. The van der Waals surface area contributed by atoms with Gasteiger partial charge in [-0.1, -0.05) is 19.1 Å². The van der Waals surface area contributed by atoms with Crippen LogP contribution in [0.1, 0.15) is 30.9 Å². The molecule has 2 atom stereocenters. The summed E-state index contributed by atoms with van der Waals surface area (Å²) < 4.78 is 17.0. The number of hydrogen-bond acceptors (Lipinski definition) is 7. The molecular formula is C27H28FN9. The van der Waals surface area contributed by atoms with Crippen LogP contribution >= 0.6 is 0 Å². The molecule has 0 amide bonds. The van der Waals surface area contributed by atoms with Gasteiger partial charge in [-0.3, -0.25) is 4.68 Å². The number of piperazine rings is 1. The van der Waals surface area contributed by atoms with Crippen molar-refractivity contribution in [1.82, 2.24) is 34.3 Å². The van der Waals surface area contributed by atoms with Gasteiger partial charge < -0.3 is 9.80 Å². The lowest BCUT2D eigenvalue weighted by Crippen LogP contribution is -2.53. The fourth-order valence-corrected chi connectivity index (χ4v) is 4.98. The highest BCUT2D eigenvalue weighted by molar-refractivity contribution is 5.77. The molecule has 4 aromatic heterocycles. The minimum absolute atomic E-state index is 0.0858. The van der Waals surface area contributed by atoms with Gasteiger partial charge in [0.2, 0.25) is 5.95 Å². The monoisotopic (exact) mass is 497 g/mol. The molecule has 0 saturated carbocycles. The Morgan fingerprint density at radius 1 is 0.919 bits per heavy atom. The Morgan fingerprint density at radius 3 is 2.41 bits per heavy atom. The molecule has 1 aromatic carbocycles. The second-order valence-corrected chi connectivity index (χ2v) is 9.62. The molecule has 5 heterocycles. The van der Waals surface area contributed by atoms with Crippen LogP contribution in [0.25, 0.3) is 16.6 Å². The average Bonchev–Trinajstić information content (AvgIpc) is 3.55. The van der Waals surface area contributed by atoms with Gasteiger partial charge in [-0.15, -0.1) is 0 Å². The van der Waals surface area contributed by atoms with Crippen LogP contribution in [0.15, 0.2) is 67.6 Å². The second-order valence-electron chi connectivity index (χ2n) is 9.62. The van der Waals surface area contributed by atoms with Crippen molar-refractivity contribution in [1.29, 1.82) is 0 Å². The summed E-state index contributed by atoms with van der Waals surface area (Å²) in [5, 5.41) is 8.71. The minimum atomic E-state index is -0.232. The van der Waals surface area contributed by atoms with Gasteiger partial charge in [-0.2, -0.15) is 10.2 Å². The van der Waals surface area contributed by atoms with Crippen molar-refractivity contribution in [2.45, 2.75) is 25.8 Å². The molecule has 0 aliphatic carbocycles. The predicted octanol–water partition coefficient (Wildman–Crippen LogP) is 3.93. The first-order valence-corrected chi connectivity index (χ1v) is 12.4. The Labute approximate surface area is 214 Å². The van der Waals surface area contributed by atoms with E-state index in [0.717, 1.165) is 59.2 Å². The maximum absolute atomic E-state index is 13.3. The number of aryl methyl sites for hydroxylation is 1. The van der Waals surface area contributed by atoms with Crippen molar-refractivity contribution in [2.24, 2.45) is 7.05 Å². The van der Waals surface area contributed by atoms with Crippen LogP contribution in [0, 0.1) is 5.82 Å². The third-order valence-corrected chi connectivity index (χ3v) is 7.14. The van der Waals surface area contributed by atoms with Crippen molar-refractivity contribution in [3.8, 4) is 11.1 Å². The number of anilines is 2. The number of halogens is 1. The van der Waals surface area contributed by atoms with E-state index < -0.39 is 0 Å². The van der Waals surface area contributed by atoms with E-state index in [-0.39, 0.29) is 17.8 Å². The molecule has 0 radical (unpaired) electrons. The van der Waals surface area contributed by atoms with Crippen LogP contribution in [0.3, 0.4) is 0 Å². The summed E-state index contributed by atoms with van der Waals surface area (Å²) in [5.41, 5.74) is 5.12. The Morgan fingerprint density at radius 2 is 1.70 bits per heavy atom. The fraction of sp³-hybridized carbons (Fsp3) is 0.296. The van der Waals surface area contributed by atoms with E-state index in [1.807, 2.05) is 54.7 Å². The number of hydrogen-bond donors (Lipinski definition) is 0. The molecule has 0 spiro atoms. The first-order chi connectivity index (χ1) is 18.0. The van der Waals surface area contributed by atoms with Gasteiger partial charge in [0, 0.05) is 74.6 Å². The van der Waals surface area contributed by atoms with Gasteiger partial charge >= 0.3 is 0 Å². The number of rotatable bonds is 5. The molecule has 2 unspecified atom stereocenters. The lowest BCUT2D eigenvalue weighted by Gasteiger charge is -2.40. The molecule has 1 aliphatic heterocycles. The highest BCUT2D eigenvalue weighted by atomic mass is 19.1. The van der Waals surface area contributed by atoms with Crippen LogP contribution < -0.4 is 9.80 Å². The first kappa shape index (κ1) is 23.1. The number of benzene rings is 1. The summed E-state index contributed by atoms with van der Waals surface area (Å²) in [6.07, 6.45) is 11.2. The fourth-order valence-electron chi connectivity index (χ4n) is 4.98. The standard InChI is InChI=1S/C27H28FN9/c1-18-14-35(26-25-10-21(16-37(25)33-17-31-26)23-13-32-34(3)15-23)8-9-36(18)27-29-11-22(12-30-27)19(2)20-4-6-24(28)7-5-20/h4-7,10-13,15-19H,8-9,14H2,1-3H3. The van der Waals surface area contributed by atoms with Gasteiger partial charge in [0.05, 0.1) is 6.20 Å². The average molecular weight is 498 g/mol. The lowest BCUT2D eigenvalue weighted by atomic mass is 9.95. The van der Waals surface area contributed by atoms with Crippen LogP contribution in [-0.2, 0) is 7.05 Å². The van der Waals surface area contributed by atoms with Crippen LogP contribution in [0.4, 0.5) is 16.2 Å². The lowest BCUT2D eigenvalue weighted by molar-refractivity contribution is 0.536. The van der Waals surface area contributed by atoms with Crippen LogP contribution in [0.2, 0.25) is 0 Å². The van der Waals surface area contributed by atoms with E-state index in [0.29, 0.717) is 0 Å². The van der Waals surface area contributed by atoms with E-state index in [1.165, 1.54) is 12.1 Å². The maximum atomic E-state index is 13.3. The highest BCUT2D eigenvalue weighted by Gasteiger charge is 2.28. The Kier molecular flexibility index (Phi) is 5.78. The quantitative estimate of drug-likeness (QED) is 0.364. The molecule has 1 fully saturated rings. The van der Waals surface area contributed by atoms with Crippen molar-refractivity contribution < 1.29 is 4.39 Å². The van der Waals surface area contributed by atoms with Crippen molar-refractivity contribution in [3.63, 3.8) is 0 Å². The summed E-state index contributed by atoms with van der Waals surface area (Å²) >= 11 is 0. The van der Waals surface area contributed by atoms with E-state index >= 15 is 0 Å². The molecular weight excluding hydrogens is 469 g/mol. The molecule has 188 valence electrons. The Balaban J connectivity index is 1.18. The minimum Gasteiger partial charge on any atom is -0.351 e. The van der Waals surface area contributed by atoms with E-state index in [4.69, 9.17) is 0 Å². The molecule has 0 N–H and O–H groups in total. The predicted molar refractivity (Wildman–Crippen MR) is 140 cm³/mol. The smallest absolute Gasteiger partial charge is 0.225 e. The van der Waals surface area contributed by atoms with Crippen LogP contribution in [-0.4, -0.2) is 60.0 Å². The normalized spacial score (nSPS) is 16.9. The summed E-state index contributed by atoms with van der Waals surface area (Å²) in [6, 6.07) is 8.90. The number of fused-ring (bicyclic) bond motifs is 1.